The molecule has 0 aliphatic carbocycles. The summed E-state index contributed by atoms with van der Waals surface area (Å²) in [6.07, 6.45) is 0. The summed E-state index contributed by atoms with van der Waals surface area (Å²) in [5, 5.41) is 1.18. The first-order valence-corrected chi connectivity index (χ1v) is 6.22. The van der Waals surface area contributed by atoms with Gasteiger partial charge in [0.05, 0.1) is 10.6 Å². The molecule has 0 aliphatic heterocycles. The second-order valence-corrected chi connectivity index (χ2v) is 4.96. The van der Waals surface area contributed by atoms with Gasteiger partial charge in [-0.25, -0.2) is 4.98 Å². The van der Waals surface area contributed by atoms with Gasteiger partial charge < -0.3 is 4.42 Å². The van der Waals surface area contributed by atoms with Crippen molar-refractivity contribution in [1.82, 2.24) is 4.98 Å². The van der Waals surface area contributed by atoms with Crippen molar-refractivity contribution in [2.24, 2.45) is 0 Å². The number of aromatic nitrogens is 1. The van der Waals surface area contributed by atoms with Gasteiger partial charge in [-0.2, -0.15) is 0 Å². The van der Waals surface area contributed by atoms with Gasteiger partial charge in [-0.05, 0) is 42.8 Å². The van der Waals surface area contributed by atoms with E-state index in [1.807, 2.05) is 25.1 Å². The van der Waals surface area contributed by atoms with Crippen LogP contribution in [0.1, 0.15) is 5.56 Å². The number of halogens is 2. The molecule has 2 nitrogen and oxygen atoms in total. The molecule has 0 radical (unpaired) electrons. The highest BCUT2D eigenvalue weighted by Gasteiger charge is 2.12. The SMILES string of the molecule is Cc1ccc2oc(-c3cc(Cl)ccc3Cl)nc2c1. The summed E-state index contributed by atoms with van der Waals surface area (Å²) < 4.78 is 5.69. The van der Waals surface area contributed by atoms with Crippen LogP contribution >= 0.6 is 23.2 Å². The standard InChI is InChI=1S/C14H9Cl2NO/c1-8-2-5-13-12(6-8)17-14(18-13)10-7-9(15)3-4-11(10)16/h2-7H,1H3. The van der Waals surface area contributed by atoms with E-state index in [4.69, 9.17) is 27.6 Å². The number of nitrogens with zero attached hydrogens (tertiary/aromatic N) is 1. The van der Waals surface area contributed by atoms with Gasteiger partial charge >= 0.3 is 0 Å². The van der Waals surface area contributed by atoms with E-state index in [0.29, 0.717) is 21.5 Å². The Hall–Kier alpha value is -1.51. The van der Waals surface area contributed by atoms with Crippen LogP contribution in [0.3, 0.4) is 0 Å². The first-order chi connectivity index (χ1) is 8.63. The second kappa shape index (κ2) is 4.30. The lowest BCUT2D eigenvalue weighted by Gasteiger charge is -1.99. The molecule has 18 heavy (non-hydrogen) atoms. The molecule has 1 heterocycles. The maximum absolute atomic E-state index is 6.13. The average Bonchev–Trinajstić information content (AvgIpc) is 2.74. The van der Waals surface area contributed by atoms with Crippen molar-refractivity contribution in [3.63, 3.8) is 0 Å². The second-order valence-electron chi connectivity index (χ2n) is 4.11. The minimum absolute atomic E-state index is 0.489. The van der Waals surface area contributed by atoms with Gasteiger partial charge in [0.15, 0.2) is 5.58 Å². The molecule has 0 spiro atoms. The molecular weight excluding hydrogens is 269 g/mol. The third-order valence-corrected chi connectivity index (χ3v) is 3.27. The summed E-state index contributed by atoms with van der Waals surface area (Å²) in [4.78, 5) is 4.44. The molecule has 2 aromatic carbocycles. The van der Waals surface area contributed by atoms with Gasteiger partial charge in [-0.15, -0.1) is 0 Å². The van der Waals surface area contributed by atoms with Crippen LogP contribution in [-0.2, 0) is 0 Å². The van der Waals surface area contributed by atoms with E-state index < -0.39 is 0 Å². The Morgan fingerprint density at radius 3 is 2.72 bits per heavy atom. The fraction of sp³-hybridized carbons (Fsp3) is 0.0714. The minimum atomic E-state index is 0.489. The lowest BCUT2D eigenvalue weighted by atomic mass is 10.2. The molecule has 90 valence electrons. The summed E-state index contributed by atoms with van der Waals surface area (Å²) in [6.45, 7) is 2.01. The zero-order valence-electron chi connectivity index (χ0n) is 9.58. The predicted molar refractivity (Wildman–Crippen MR) is 74.2 cm³/mol. The highest BCUT2D eigenvalue weighted by Crippen LogP contribution is 2.32. The van der Waals surface area contributed by atoms with Gasteiger partial charge in [0.2, 0.25) is 5.89 Å². The first-order valence-electron chi connectivity index (χ1n) is 5.46. The average molecular weight is 278 g/mol. The van der Waals surface area contributed by atoms with Crippen molar-refractivity contribution in [2.75, 3.05) is 0 Å². The van der Waals surface area contributed by atoms with E-state index in [9.17, 15) is 0 Å². The van der Waals surface area contributed by atoms with E-state index >= 15 is 0 Å². The third kappa shape index (κ3) is 1.98. The summed E-state index contributed by atoms with van der Waals surface area (Å²) in [5.41, 5.74) is 3.41. The first kappa shape index (κ1) is 11.6. The number of aryl methyl sites for hydroxylation is 1. The fourth-order valence-electron chi connectivity index (χ4n) is 1.81. The maximum Gasteiger partial charge on any atom is 0.228 e. The van der Waals surface area contributed by atoms with Crippen molar-refractivity contribution in [3.05, 3.63) is 52.0 Å². The fourth-order valence-corrected chi connectivity index (χ4v) is 2.18. The normalized spacial score (nSPS) is 11.1. The highest BCUT2D eigenvalue weighted by atomic mass is 35.5. The molecule has 3 aromatic rings. The molecule has 0 saturated heterocycles. The van der Waals surface area contributed by atoms with Crippen LogP contribution in [0.4, 0.5) is 0 Å². The van der Waals surface area contributed by atoms with Crippen molar-refractivity contribution >= 4 is 34.3 Å². The monoisotopic (exact) mass is 277 g/mol. The number of fused-ring (bicyclic) bond motifs is 1. The van der Waals surface area contributed by atoms with Crippen LogP contribution in [0.25, 0.3) is 22.6 Å². The van der Waals surface area contributed by atoms with Crippen LogP contribution < -0.4 is 0 Å². The Morgan fingerprint density at radius 1 is 1.06 bits per heavy atom. The molecule has 0 atom stereocenters. The quantitative estimate of drug-likeness (QED) is 0.618. The van der Waals surface area contributed by atoms with Crippen molar-refractivity contribution in [2.45, 2.75) is 6.92 Å². The zero-order valence-corrected chi connectivity index (χ0v) is 11.1. The molecule has 0 unspecified atom stereocenters. The predicted octanol–water partition coefficient (Wildman–Crippen LogP) is 5.11. The van der Waals surface area contributed by atoms with E-state index in [1.165, 1.54) is 0 Å². The summed E-state index contributed by atoms with van der Waals surface area (Å²) >= 11 is 12.1. The summed E-state index contributed by atoms with van der Waals surface area (Å²) in [6, 6.07) is 11.1. The lowest BCUT2D eigenvalue weighted by Crippen LogP contribution is -1.79. The Bertz CT molecular complexity index is 734. The molecule has 0 amide bonds. The molecule has 0 bridgehead atoms. The third-order valence-electron chi connectivity index (χ3n) is 2.70. The zero-order chi connectivity index (χ0) is 12.7. The van der Waals surface area contributed by atoms with Crippen LogP contribution in [0.5, 0.6) is 0 Å². The molecule has 4 heteroatoms. The van der Waals surface area contributed by atoms with E-state index in [2.05, 4.69) is 4.98 Å². The largest absolute Gasteiger partial charge is 0.436 e. The van der Waals surface area contributed by atoms with Crippen LogP contribution in [-0.4, -0.2) is 4.98 Å². The Kier molecular flexibility index (Phi) is 2.77. The molecule has 0 fully saturated rings. The van der Waals surface area contributed by atoms with Gasteiger partial charge in [-0.3, -0.25) is 0 Å². The van der Waals surface area contributed by atoms with Crippen molar-refractivity contribution in [1.29, 1.82) is 0 Å². The number of hydrogen-bond donors (Lipinski definition) is 0. The highest BCUT2D eigenvalue weighted by molar-refractivity contribution is 6.35. The molecule has 0 N–H and O–H groups in total. The van der Waals surface area contributed by atoms with Crippen LogP contribution in [0.2, 0.25) is 10.0 Å². The van der Waals surface area contributed by atoms with Gasteiger partial charge in [0.25, 0.3) is 0 Å². The molecule has 0 aliphatic rings. The minimum Gasteiger partial charge on any atom is -0.436 e. The Balaban J connectivity index is 2.22. The lowest BCUT2D eigenvalue weighted by molar-refractivity contribution is 0.620. The Morgan fingerprint density at radius 2 is 1.89 bits per heavy atom. The van der Waals surface area contributed by atoms with Crippen LogP contribution in [0.15, 0.2) is 40.8 Å². The number of oxazole rings is 1. The van der Waals surface area contributed by atoms with Crippen molar-refractivity contribution < 1.29 is 4.42 Å². The van der Waals surface area contributed by atoms with E-state index in [-0.39, 0.29) is 0 Å². The van der Waals surface area contributed by atoms with Crippen LogP contribution in [0, 0.1) is 6.92 Å². The van der Waals surface area contributed by atoms with Gasteiger partial charge in [-0.1, -0.05) is 29.3 Å². The van der Waals surface area contributed by atoms with Crippen molar-refractivity contribution in [3.8, 4) is 11.5 Å². The Labute approximate surface area is 114 Å². The number of rotatable bonds is 1. The molecule has 1 aromatic heterocycles. The molecule has 0 saturated carbocycles. The number of benzene rings is 2. The summed E-state index contributed by atoms with van der Waals surface area (Å²) in [5.74, 6) is 0.489. The van der Waals surface area contributed by atoms with E-state index in [1.54, 1.807) is 18.2 Å². The van der Waals surface area contributed by atoms with Gasteiger partial charge in [0.1, 0.15) is 5.52 Å². The number of hydrogen-bond acceptors (Lipinski definition) is 2. The molecule has 3 rings (SSSR count). The topological polar surface area (TPSA) is 26.0 Å². The maximum atomic E-state index is 6.13. The smallest absolute Gasteiger partial charge is 0.228 e. The molecular formula is C14H9Cl2NO. The van der Waals surface area contributed by atoms with Gasteiger partial charge in [0, 0.05) is 5.02 Å². The summed E-state index contributed by atoms with van der Waals surface area (Å²) in [7, 11) is 0. The van der Waals surface area contributed by atoms with E-state index in [0.717, 1.165) is 16.7 Å².